The SMILES string of the molecule is O=C(Nc1ccc(S(=O)(=O)Nc2ccc(Cl)c(C(F)(F)F)c2)cc1)C1CCN(S(=O)(=O)Cc2ccccc2)CC1. The minimum absolute atomic E-state index is 0.115. The molecule has 0 atom stereocenters. The summed E-state index contributed by atoms with van der Waals surface area (Å²) in [5.41, 5.74) is -0.491. The molecule has 2 N–H and O–H groups in total. The smallest absolute Gasteiger partial charge is 0.326 e. The second-order valence-corrected chi connectivity index (χ2v) is 13.3. The second kappa shape index (κ2) is 11.8. The molecule has 0 spiro atoms. The summed E-state index contributed by atoms with van der Waals surface area (Å²) in [6.07, 6.45) is -4.10. The van der Waals surface area contributed by atoms with E-state index in [1.807, 2.05) is 0 Å². The predicted molar refractivity (Wildman–Crippen MR) is 146 cm³/mol. The maximum Gasteiger partial charge on any atom is 0.417 e. The third-order valence-electron chi connectivity index (χ3n) is 6.37. The number of alkyl halides is 3. The van der Waals surface area contributed by atoms with E-state index in [0.717, 1.165) is 12.1 Å². The van der Waals surface area contributed by atoms with E-state index in [4.69, 9.17) is 11.6 Å². The zero-order chi connectivity index (χ0) is 29.1. The zero-order valence-corrected chi connectivity index (χ0v) is 23.2. The first-order valence-electron chi connectivity index (χ1n) is 12.1. The maximum absolute atomic E-state index is 13.1. The molecule has 3 aromatic rings. The van der Waals surface area contributed by atoms with Crippen molar-refractivity contribution in [1.29, 1.82) is 0 Å². The van der Waals surface area contributed by atoms with Crippen molar-refractivity contribution in [2.75, 3.05) is 23.1 Å². The quantitative estimate of drug-likeness (QED) is 0.355. The number of benzene rings is 3. The average Bonchev–Trinajstić information content (AvgIpc) is 2.90. The molecule has 1 amide bonds. The number of rotatable bonds is 8. The maximum atomic E-state index is 13.1. The molecule has 3 aromatic carbocycles. The number of carbonyl (C=O) groups excluding carboxylic acids is 1. The van der Waals surface area contributed by atoms with E-state index in [1.165, 1.54) is 28.6 Å². The Labute approximate surface area is 235 Å². The Balaban J connectivity index is 1.34. The number of nitrogens with zero attached hydrogens (tertiary/aromatic N) is 1. The molecule has 8 nitrogen and oxygen atoms in total. The molecule has 0 aliphatic carbocycles. The Morgan fingerprint density at radius 2 is 1.50 bits per heavy atom. The first kappa shape index (κ1) is 29.8. The zero-order valence-electron chi connectivity index (χ0n) is 20.9. The molecule has 1 heterocycles. The topological polar surface area (TPSA) is 113 Å². The van der Waals surface area contributed by atoms with Crippen molar-refractivity contribution in [3.8, 4) is 0 Å². The molecule has 214 valence electrons. The molecule has 40 heavy (non-hydrogen) atoms. The number of piperidine rings is 1. The lowest BCUT2D eigenvalue weighted by Gasteiger charge is -2.30. The minimum Gasteiger partial charge on any atom is -0.326 e. The fourth-order valence-corrected chi connectivity index (χ4v) is 7.09. The minimum atomic E-state index is -4.76. The number of sulfonamides is 2. The molecule has 1 saturated heterocycles. The Morgan fingerprint density at radius 1 is 0.900 bits per heavy atom. The largest absolute Gasteiger partial charge is 0.417 e. The van der Waals surface area contributed by atoms with Gasteiger partial charge in [-0.25, -0.2) is 21.1 Å². The predicted octanol–water partition coefficient (Wildman–Crippen LogP) is 5.34. The van der Waals surface area contributed by atoms with E-state index in [0.29, 0.717) is 30.2 Å². The van der Waals surface area contributed by atoms with Gasteiger partial charge in [-0.15, -0.1) is 0 Å². The summed E-state index contributed by atoms with van der Waals surface area (Å²) in [7, 11) is -7.75. The van der Waals surface area contributed by atoms with Crippen molar-refractivity contribution in [2.45, 2.75) is 29.7 Å². The summed E-state index contributed by atoms with van der Waals surface area (Å²) in [4.78, 5) is 12.5. The third kappa shape index (κ3) is 7.33. The van der Waals surface area contributed by atoms with E-state index >= 15 is 0 Å². The number of hydrogen-bond donors (Lipinski definition) is 2. The number of nitrogens with one attached hydrogen (secondary N) is 2. The third-order valence-corrected chi connectivity index (χ3v) is 9.94. The van der Waals surface area contributed by atoms with Gasteiger partial charge in [-0.3, -0.25) is 9.52 Å². The molecule has 0 radical (unpaired) electrons. The van der Waals surface area contributed by atoms with Gasteiger partial charge in [0, 0.05) is 30.4 Å². The first-order valence-corrected chi connectivity index (χ1v) is 15.5. The van der Waals surface area contributed by atoms with E-state index in [1.54, 1.807) is 30.3 Å². The molecule has 14 heteroatoms. The number of anilines is 2. The Kier molecular flexibility index (Phi) is 8.78. The first-order chi connectivity index (χ1) is 18.7. The molecule has 1 fully saturated rings. The summed E-state index contributed by atoms with van der Waals surface area (Å²) in [5, 5.41) is 2.14. The van der Waals surface area contributed by atoms with Crippen LogP contribution in [0.4, 0.5) is 24.5 Å². The van der Waals surface area contributed by atoms with Crippen LogP contribution in [-0.4, -0.2) is 40.1 Å². The highest BCUT2D eigenvalue weighted by molar-refractivity contribution is 7.92. The molecule has 0 aromatic heterocycles. The molecule has 0 saturated carbocycles. The molecular formula is C26H25ClF3N3O5S2. The molecule has 1 aliphatic rings. The van der Waals surface area contributed by atoms with Crippen molar-refractivity contribution >= 4 is 48.9 Å². The standard InChI is InChI=1S/C26H25ClF3N3O5S2/c27-24-11-8-21(16-23(24)26(28,29)30)32-40(37,38)22-9-6-20(7-10-22)31-25(34)19-12-14-33(15-13-19)39(35,36)17-18-4-2-1-3-5-18/h1-11,16,19,32H,12-15,17H2,(H,31,34). The van der Waals surface area contributed by atoms with Gasteiger partial charge in [-0.05, 0) is 60.9 Å². The van der Waals surface area contributed by atoms with Crippen molar-refractivity contribution in [1.82, 2.24) is 4.31 Å². The van der Waals surface area contributed by atoms with Crippen LogP contribution in [0.3, 0.4) is 0 Å². The lowest BCUT2D eigenvalue weighted by molar-refractivity contribution is -0.137. The summed E-state index contributed by atoms with van der Waals surface area (Å²) in [6, 6.07) is 16.6. The van der Waals surface area contributed by atoms with Gasteiger partial charge in [0.1, 0.15) is 0 Å². The summed E-state index contributed by atoms with van der Waals surface area (Å²) < 4.78 is 93.6. The number of halogens is 4. The highest BCUT2D eigenvalue weighted by atomic mass is 35.5. The highest BCUT2D eigenvalue weighted by Crippen LogP contribution is 2.36. The van der Waals surface area contributed by atoms with Crippen molar-refractivity contribution < 1.29 is 34.8 Å². The lowest BCUT2D eigenvalue weighted by atomic mass is 9.97. The Bertz CT molecular complexity index is 1580. The van der Waals surface area contributed by atoms with E-state index in [-0.39, 0.29) is 35.3 Å². The van der Waals surface area contributed by atoms with Gasteiger partial charge in [0.05, 0.1) is 21.2 Å². The monoisotopic (exact) mass is 615 g/mol. The van der Waals surface area contributed by atoms with Gasteiger partial charge >= 0.3 is 6.18 Å². The van der Waals surface area contributed by atoms with Crippen molar-refractivity contribution in [3.63, 3.8) is 0 Å². The lowest BCUT2D eigenvalue weighted by Crippen LogP contribution is -2.41. The van der Waals surface area contributed by atoms with Crippen LogP contribution in [-0.2, 0) is 36.8 Å². The molecular weight excluding hydrogens is 591 g/mol. The van der Waals surface area contributed by atoms with E-state index < -0.39 is 42.7 Å². The fourth-order valence-electron chi connectivity index (χ4n) is 4.25. The van der Waals surface area contributed by atoms with Crippen LogP contribution in [0, 0.1) is 5.92 Å². The molecule has 0 unspecified atom stereocenters. The van der Waals surface area contributed by atoms with Crippen LogP contribution in [0.1, 0.15) is 24.0 Å². The van der Waals surface area contributed by atoms with Gasteiger partial charge in [0.2, 0.25) is 15.9 Å². The van der Waals surface area contributed by atoms with Crippen LogP contribution >= 0.6 is 11.6 Å². The Morgan fingerprint density at radius 3 is 2.10 bits per heavy atom. The van der Waals surface area contributed by atoms with Crippen molar-refractivity contribution in [3.05, 3.63) is 88.9 Å². The van der Waals surface area contributed by atoms with E-state index in [9.17, 15) is 34.8 Å². The van der Waals surface area contributed by atoms with Crippen molar-refractivity contribution in [2.24, 2.45) is 5.92 Å². The number of hydrogen-bond acceptors (Lipinski definition) is 5. The van der Waals surface area contributed by atoms with Crippen LogP contribution in [0.25, 0.3) is 0 Å². The van der Waals surface area contributed by atoms with Gasteiger partial charge in [-0.1, -0.05) is 41.9 Å². The highest BCUT2D eigenvalue weighted by Gasteiger charge is 2.34. The van der Waals surface area contributed by atoms with E-state index in [2.05, 4.69) is 10.0 Å². The Hall–Kier alpha value is -3.13. The van der Waals surface area contributed by atoms with Gasteiger partial charge in [0.25, 0.3) is 10.0 Å². The fraction of sp³-hybridized carbons (Fsp3) is 0.269. The molecule has 0 bridgehead atoms. The van der Waals surface area contributed by atoms with Crippen LogP contribution in [0.5, 0.6) is 0 Å². The average molecular weight is 616 g/mol. The molecule has 4 rings (SSSR count). The van der Waals surface area contributed by atoms with Crippen LogP contribution in [0.2, 0.25) is 5.02 Å². The summed E-state index contributed by atoms with van der Waals surface area (Å²) in [6.45, 7) is 0.410. The van der Waals surface area contributed by atoms with Gasteiger partial charge in [0.15, 0.2) is 0 Å². The normalized spacial score (nSPS) is 15.5. The number of carbonyl (C=O) groups is 1. The number of amides is 1. The van der Waals surface area contributed by atoms with Crippen LogP contribution < -0.4 is 10.0 Å². The molecule has 1 aliphatic heterocycles. The summed E-state index contributed by atoms with van der Waals surface area (Å²) >= 11 is 5.58. The van der Waals surface area contributed by atoms with Crippen LogP contribution in [0.15, 0.2) is 77.7 Å². The second-order valence-electron chi connectivity index (χ2n) is 9.23. The van der Waals surface area contributed by atoms with Gasteiger partial charge < -0.3 is 5.32 Å². The summed E-state index contributed by atoms with van der Waals surface area (Å²) in [5.74, 6) is -0.869. The van der Waals surface area contributed by atoms with Gasteiger partial charge in [-0.2, -0.15) is 13.2 Å².